The van der Waals surface area contributed by atoms with Crippen LogP contribution in [-0.4, -0.2) is 25.0 Å². The molecular weight excluding hydrogens is 438 g/mol. The number of rotatable bonds is 14. The Bertz CT molecular complexity index is 1070. The highest BCUT2D eigenvalue weighted by Crippen LogP contribution is 2.18. The molecule has 2 amide bonds. The van der Waals surface area contributed by atoms with E-state index in [1.165, 1.54) is 25.7 Å². The second-order valence-electron chi connectivity index (χ2n) is 8.44. The third-order valence-electron chi connectivity index (χ3n) is 5.51. The van der Waals surface area contributed by atoms with Gasteiger partial charge in [-0.1, -0.05) is 75.1 Å². The van der Waals surface area contributed by atoms with Gasteiger partial charge < -0.3 is 20.7 Å². The maximum Gasteiger partial charge on any atom is 0.251 e. The van der Waals surface area contributed by atoms with Crippen LogP contribution < -0.4 is 20.7 Å². The number of anilines is 2. The van der Waals surface area contributed by atoms with Crippen LogP contribution in [0.1, 0.15) is 54.9 Å². The minimum absolute atomic E-state index is 0.102. The van der Waals surface area contributed by atoms with Crippen LogP contribution >= 0.6 is 0 Å². The van der Waals surface area contributed by atoms with Crippen molar-refractivity contribution < 1.29 is 14.3 Å². The maximum atomic E-state index is 12.5. The first kappa shape index (κ1) is 25.8. The molecule has 0 saturated carbocycles. The van der Waals surface area contributed by atoms with Gasteiger partial charge in [0, 0.05) is 29.5 Å². The molecule has 0 saturated heterocycles. The average Bonchev–Trinajstić information content (AvgIpc) is 2.89. The van der Waals surface area contributed by atoms with E-state index in [0.29, 0.717) is 24.4 Å². The number of nitrogens with one attached hydrogen (secondary N) is 3. The Labute approximate surface area is 208 Å². The van der Waals surface area contributed by atoms with Crippen molar-refractivity contribution in [1.82, 2.24) is 5.32 Å². The predicted octanol–water partition coefficient (Wildman–Crippen LogP) is 6.02. The molecule has 0 heterocycles. The molecule has 3 rings (SSSR count). The number of benzene rings is 3. The minimum atomic E-state index is -0.200. The van der Waals surface area contributed by atoms with Gasteiger partial charge in [-0.05, 0) is 42.3 Å². The van der Waals surface area contributed by atoms with E-state index in [2.05, 4.69) is 22.9 Å². The molecule has 0 radical (unpaired) electrons. The Morgan fingerprint density at radius 3 is 2.40 bits per heavy atom. The standard InChI is InChI=1S/C29H35N3O3/c1-2-3-4-5-9-18-35-27-17-11-15-25(20-27)30-22-28(33)32-26-16-10-14-24(19-26)29(34)31-21-23-12-7-6-8-13-23/h6-8,10-17,19-20,30H,2-5,9,18,21-22H2,1H3,(H,31,34)(H,32,33). The minimum Gasteiger partial charge on any atom is -0.494 e. The third kappa shape index (κ3) is 9.53. The first-order chi connectivity index (χ1) is 17.1. The lowest BCUT2D eigenvalue weighted by Gasteiger charge is -2.11. The lowest BCUT2D eigenvalue weighted by Crippen LogP contribution is -2.24. The van der Waals surface area contributed by atoms with Crippen molar-refractivity contribution >= 4 is 23.2 Å². The molecule has 3 N–H and O–H groups in total. The first-order valence-electron chi connectivity index (χ1n) is 12.3. The lowest BCUT2D eigenvalue weighted by atomic mass is 10.1. The summed E-state index contributed by atoms with van der Waals surface area (Å²) in [7, 11) is 0. The second-order valence-corrected chi connectivity index (χ2v) is 8.44. The van der Waals surface area contributed by atoms with E-state index in [-0.39, 0.29) is 18.4 Å². The van der Waals surface area contributed by atoms with E-state index in [1.807, 2.05) is 54.6 Å². The van der Waals surface area contributed by atoms with Gasteiger partial charge in [-0.25, -0.2) is 0 Å². The van der Waals surface area contributed by atoms with Gasteiger partial charge in [0.25, 0.3) is 5.91 Å². The van der Waals surface area contributed by atoms with E-state index < -0.39 is 0 Å². The molecule has 3 aromatic rings. The Balaban J connectivity index is 1.43. The van der Waals surface area contributed by atoms with Crippen LogP contribution in [0.15, 0.2) is 78.9 Å². The van der Waals surface area contributed by atoms with Gasteiger partial charge >= 0.3 is 0 Å². The molecule has 0 aromatic heterocycles. The highest BCUT2D eigenvalue weighted by atomic mass is 16.5. The van der Waals surface area contributed by atoms with Gasteiger partial charge in [-0.15, -0.1) is 0 Å². The predicted molar refractivity (Wildman–Crippen MR) is 142 cm³/mol. The number of amides is 2. The lowest BCUT2D eigenvalue weighted by molar-refractivity contribution is -0.114. The van der Waals surface area contributed by atoms with E-state index in [9.17, 15) is 9.59 Å². The van der Waals surface area contributed by atoms with Crippen LogP contribution in [0.3, 0.4) is 0 Å². The fourth-order valence-electron chi connectivity index (χ4n) is 3.60. The quantitative estimate of drug-likeness (QED) is 0.250. The Morgan fingerprint density at radius 2 is 1.57 bits per heavy atom. The molecule has 0 aliphatic carbocycles. The van der Waals surface area contributed by atoms with E-state index >= 15 is 0 Å². The number of hydrogen-bond donors (Lipinski definition) is 3. The Kier molecular flexibility index (Phi) is 10.7. The van der Waals surface area contributed by atoms with Crippen molar-refractivity contribution in [2.45, 2.75) is 45.6 Å². The molecule has 35 heavy (non-hydrogen) atoms. The highest BCUT2D eigenvalue weighted by Gasteiger charge is 2.08. The summed E-state index contributed by atoms with van der Waals surface area (Å²) in [5, 5.41) is 8.87. The summed E-state index contributed by atoms with van der Waals surface area (Å²) < 4.78 is 5.83. The normalized spacial score (nSPS) is 10.4. The fourth-order valence-corrected chi connectivity index (χ4v) is 3.60. The number of carbonyl (C=O) groups is 2. The topological polar surface area (TPSA) is 79.5 Å². The van der Waals surface area contributed by atoms with Gasteiger partial charge in [0.2, 0.25) is 5.91 Å². The zero-order valence-electron chi connectivity index (χ0n) is 20.4. The van der Waals surface area contributed by atoms with Crippen LogP contribution in [0.2, 0.25) is 0 Å². The Hall–Kier alpha value is -3.80. The second kappa shape index (κ2) is 14.5. The summed E-state index contributed by atoms with van der Waals surface area (Å²) in [6, 6.07) is 24.3. The number of hydrogen-bond acceptors (Lipinski definition) is 4. The fraction of sp³-hybridized carbons (Fsp3) is 0.310. The summed E-state index contributed by atoms with van der Waals surface area (Å²) in [6.45, 7) is 3.45. The van der Waals surface area contributed by atoms with E-state index in [1.54, 1.807) is 24.3 Å². The van der Waals surface area contributed by atoms with Crippen LogP contribution in [0, 0.1) is 0 Å². The van der Waals surface area contributed by atoms with Crippen molar-refractivity contribution in [3.63, 3.8) is 0 Å². The maximum absolute atomic E-state index is 12.5. The summed E-state index contributed by atoms with van der Waals surface area (Å²) in [5.41, 5.74) is 2.91. The highest BCUT2D eigenvalue weighted by molar-refractivity contribution is 5.98. The van der Waals surface area contributed by atoms with E-state index in [4.69, 9.17) is 4.74 Å². The molecule has 0 aliphatic heterocycles. The van der Waals surface area contributed by atoms with Gasteiger partial charge in [0.1, 0.15) is 5.75 Å². The molecule has 0 unspecified atom stereocenters. The zero-order chi connectivity index (χ0) is 24.7. The van der Waals surface area contributed by atoms with Crippen LogP contribution in [-0.2, 0) is 11.3 Å². The van der Waals surface area contributed by atoms with Gasteiger partial charge in [0.15, 0.2) is 0 Å². The molecule has 0 aliphatic rings. The molecule has 0 spiro atoms. The van der Waals surface area contributed by atoms with Crippen molar-refractivity contribution in [2.75, 3.05) is 23.8 Å². The summed E-state index contributed by atoms with van der Waals surface area (Å²) >= 11 is 0. The molecule has 0 bridgehead atoms. The van der Waals surface area contributed by atoms with Gasteiger partial charge in [0.05, 0.1) is 13.2 Å². The first-order valence-corrected chi connectivity index (χ1v) is 12.3. The van der Waals surface area contributed by atoms with E-state index in [0.717, 1.165) is 23.4 Å². The van der Waals surface area contributed by atoms with Crippen LogP contribution in [0.25, 0.3) is 0 Å². The SMILES string of the molecule is CCCCCCCOc1cccc(NCC(=O)Nc2cccc(C(=O)NCc3ccccc3)c2)c1. The van der Waals surface area contributed by atoms with Crippen molar-refractivity contribution in [1.29, 1.82) is 0 Å². The molecule has 184 valence electrons. The largest absolute Gasteiger partial charge is 0.494 e. The molecule has 3 aromatic carbocycles. The van der Waals surface area contributed by atoms with Crippen molar-refractivity contribution in [2.24, 2.45) is 0 Å². The van der Waals surface area contributed by atoms with Crippen molar-refractivity contribution in [3.05, 3.63) is 90.0 Å². The zero-order valence-corrected chi connectivity index (χ0v) is 20.4. The monoisotopic (exact) mass is 473 g/mol. The van der Waals surface area contributed by atoms with Crippen molar-refractivity contribution in [3.8, 4) is 5.75 Å². The molecule has 0 atom stereocenters. The summed E-state index contributed by atoms with van der Waals surface area (Å²) in [5.74, 6) is 0.402. The van der Waals surface area contributed by atoms with Gasteiger partial charge in [-0.2, -0.15) is 0 Å². The number of unbranched alkanes of at least 4 members (excludes halogenated alkanes) is 4. The molecule has 0 fully saturated rings. The number of ether oxygens (including phenoxy) is 1. The van der Waals surface area contributed by atoms with Gasteiger partial charge in [-0.3, -0.25) is 9.59 Å². The number of carbonyl (C=O) groups excluding carboxylic acids is 2. The Morgan fingerprint density at radius 1 is 0.800 bits per heavy atom. The molecular formula is C29H35N3O3. The summed E-state index contributed by atoms with van der Waals surface area (Å²) in [4.78, 5) is 24.9. The third-order valence-corrected chi connectivity index (χ3v) is 5.51. The molecule has 6 heteroatoms. The summed E-state index contributed by atoms with van der Waals surface area (Å²) in [6.07, 6.45) is 5.98. The van der Waals surface area contributed by atoms with Crippen LogP contribution in [0.5, 0.6) is 5.75 Å². The average molecular weight is 474 g/mol. The van der Waals surface area contributed by atoms with Crippen LogP contribution in [0.4, 0.5) is 11.4 Å². The smallest absolute Gasteiger partial charge is 0.251 e. The molecule has 6 nitrogen and oxygen atoms in total.